The standard InChI is InChI=1S/C14H25N3O2/c1-15-7-8-19-13(10-15)14(18)17-6-5-11-3-4-12(9-17)16(11)2/h11-13H,3-10H2,1-2H3/t11-,12+,13-/m0/s1. The Kier molecular flexibility index (Phi) is 3.78. The van der Waals surface area contributed by atoms with Gasteiger partial charge >= 0.3 is 0 Å². The molecular formula is C14H25N3O2. The number of hydrogen-bond acceptors (Lipinski definition) is 4. The number of carbonyl (C=O) groups excluding carboxylic acids is 1. The van der Waals surface area contributed by atoms with Crippen LogP contribution in [0.1, 0.15) is 19.3 Å². The topological polar surface area (TPSA) is 36.0 Å². The van der Waals surface area contributed by atoms with Crippen LogP contribution in [0.25, 0.3) is 0 Å². The zero-order chi connectivity index (χ0) is 13.4. The maximum absolute atomic E-state index is 12.6. The summed E-state index contributed by atoms with van der Waals surface area (Å²) in [5.74, 6) is 0.201. The van der Waals surface area contributed by atoms with Crippen molar-refractivity contribution in [1.82, 2.24) is 14.7 Å². The van der Waals surface area contributed by atoms with Crippen molar-refractivity contribution >= 4 is 5.91 Å². The van der Waals surface area contributed by atoms with Crippen LogP contribution in [0.15, 0.2) is 0 Å². The predicted molar refractivity (Wildman–Crippen MR) is 73.0 cm³/mol. The van der Waals surface area contributed by atoms with Crippen LogP contribution in [0.4, 0.5) is 0 Å². The van der Waals surface area contributed by atoms with E-state index in [1.54, 1.807) is 0 Å². The van der Waals surface area contributed by atoms with E-state index in [2.05, 4.69) is 23.9 Å². The normalized spacial score (nSPS) is 37.4. The highest BCUT2D eigenvalue weighted by molar-refractivity contribution is 5.81. The van der Waals surface area contributed by atoms with Crippen LogP contribution in [-0.4, -0.2) is 85.7 Å². The van der Waals surface area contributed by atoms with Crippen LogP contribution in [0, 0.1) is 0 Å². The van der Waals surface area contributed by atoms with Crippen LogP contribution in [0.2, 0.25) is 0 Å². The number of carbonyl (C=O) groups is 1. The number of rotatable bonds is 1. The molecule has 0 N–H and O–H groups in total. The molecular weight excluding hydrogens is 242 g/mol. The first-order chi connectivity index (χ1) is 9.15. The quantitative estimate of drug-likeness (QED) is 0.671. The summed E-state index contributed by atoms with van der Waals surface area (Å²) in [5.41, 5.74) is 0. The molecule has 0 unspecified atom stereocenters. The molecule has 0 aliphatic carbocycles. The molecule has 1 amide bonds. The van der Waals surface area contributed by atoms with E-state index in [0.29, 0.717) is 18.7 Å². The Labute approximate surface area is 115 Å². The van der Waals surface area contributed by atoms with Gasteiger partial charge in [-0.3, -0.25) is 9.69 Å². The second kappa shape index (κ2) is 5.38. The van der Waals surface area contributed by atoms with Crippen LogP contribution in [0.3, 0.4) is 0 Å². The molecule has 0 saturated carbocycles. The summed E-state index contributed by atoms with van der Waals surface area (Å²) in [6.45, 7) is 4.12. The maximum Gasteiger partial charge on any atom is 0.253 e. The van der Waals surface area contributed by atoms with Crippen LogP contribution in [-0.2, 0) is 9.53 Å². The van der Waals surface area contributed by atoms with Gasteiger partial charge in [0.2, 0.25) is 0 Å². The fourth-order valence-corrected chi connectivity index (χ4v) is 3.64. The van der Waals surface area contributed by atoms with E-state index in [1.807, 2.05) is 4.90 Å². The van der Waals surface area contributed by atoms with E-state index >= 15 is 0 Å². The van der Waals surface area contributed by atoms with Gasteiger partial charge in [-0.15, -0.1) is 0 Å². The van der Waals surface area contributed by atoms with Crippen molar-refractivity contribution in [2.24, 2.45) is 0 Å². The highest BCUT2D eigenvalue weighted by atomic mass is 16.5. The first kappa shape index (κ1) is 13.3. The molecule has 3 aliphatic rings. The van der Waals surface area contributed by atoms with Crippen molar-refractivity contribution in [2.75, 3.05) is 46.9 Å². The molecule has 108 valence electrons. The molecule has 0 aromatic rings. The Morgan fingerprint density at radius 2 is 1.84 bits per heavy atom. The van der Waals surface area contributed by atoms with E-state index in [1.165, 1.54) is 12.8 Å². The Morgan fingerprint density at radius 3 is 2.63 bits per heavy atom. The molecule has 3 fully saturated rings. The van der Waals surface area contributed by atoms with Gasteiger partial charge in [0, 0.05) is 38.3 Å². The Hall–Kier alpha value is -0.650. The average molecular weight is 267 g/mol. The smallest absolute Gasteiger partial charge is 0.253 e. The van der Waals surface area contributed by atoms with Gasteiger partial charge in [0.25, 0.3) is 5.91 Å². The molecule has 19 heavy (non-hydrogen) atoms. The number of morpholine rings is 1. The summed E-state index contributed by atoms with van der Waals surface area (Å²) in [6, 6.07) is 1.23. The van der Waals surface area contributed by atoms with Gasteiger partial charge in [-0.2, -0.15) is 0 Å². The molecule has 3 aliphatic heterocycles. The zero-order valence-corrected chi connectivity index (χ0v) is 12.0. The highest BCUT2D eigenvalue weighted by Crippen LogP contribution is 2.28. The minimum Gasteiger partial charge on any atom is -0.366 e. The third-order valence-electron chi connectivity index (χ3n) is 5.01. The van der Waals surface area contributed by atoms with E-state index in [0.717, 1.165) is 32.6 Å². The van der Waals surface area contributed by atoms with Crippen molar-refractivity contribution in [1.29, 1.82) is 0 Å². The van der Waals surface area contributed by atoms with Gasteiger partial charge in [0.05, 0.1) is 6.61 Å². The van der Waals surface area contributed by atoms with Crippen molar-refractivity contribution < 1.29 is 9.53 Å². The van der Waals surface area contributed by atoms with Crippen LogP contribution >= 0.6 is 0 Å². The van der Waals surface area contributed by atoms with E-state index in [9.17, 15) is 4.79 Å². The van der Waals surface area contributed by atoms with Crippen LogP contribution < -0.4 is 0 Å². The molecule has 5 heteroatoms. The Morgan fingerprint density at radius 1 is 1.05 bits per heavy atom. The van der Waals surface area contributed by atoms with E-state index < -0.39 is 0 Å². The molecule has 3 rings (SSSR count). The van der Waals surface area contributed by atoms with Gasteiger partial charge < -0.3 is 14.5 Å². The molecule has 3 heterocycles. The van der Waals surface area contributed by atoms with Gasteiger partial charge in [-0.05, 0) is 33.4 Å². The summed E-state index contributed by atoms with van der Waals surface area (Å²) in [7, 11) is 4.27. The molecule has 3 atom stereocenters. The number of hydrogen-bond donors (Lipinski definition) is 0. The SMILES string of the molecule is CN1CCO[C@H](C(=O)N2CC[C@@H]3CC[C@H](C2)N3C)C1. The predicted octanol–water partition coefficient (Wildman–Crippen LogP) is 0.0121. The number of likely N-dealkylation sites (N-methyl/N-ethyl adjacent to an activating group) is 2. The molecule has 0 spiro atoms. The zero-order valence-electron chi connectivity index (χ0n) is 12.0. The fraction of sp³-hybridized carbons (Fsp3) is 0.929. The molecule has 3 saturated heterocycles. The minimum absolute atomic E-state index is 0.201. The number of nitrogens with zero attached hydrogens (tertiary/aromatic N) is 3. The molecule has 0 aromatic carbocycles. The van der Waals surface area contributed by atoms with Crippen LogP contribution in [0.5, 0.6) is 0 Å². The third-order valence-corrected chi connectivity index (χ3v) is 5.01. The maximum atomic E-state index is 12.6. The number of fused-ring (bicyclic) bond motifs is 2. The van der Waals surface area contributed by atoms with E-state index in [4.69, 9.17) is 4.74 Å². The average Bonchev–Trinajstić information content (AvgIpc) is 2.62. The lowest BCUT2D eigenvalue weighted by Gasteiger charge is -2.34. The third kappa shape index (κ3) is 2.64. The lowest BCUT2D eigenvalue weighted by molar-refractivity contribution is -0.149. The summed E-state index contributed by atoms with van der Waals surface area (Å²) in [5, 5.41) is 0. The number of amides is 1. The lowest BCUT2D eigenvalue weighted by atomic mass is 10.1. The molecule has 2 bridgehead atoms. The summed E-state index contributed by atoms with van der Waals surface area (Å²) in [6.07, 6.45) is 3.39. The Balaban J connectivity index is 1.64. The molecule has 0 radical (unpaired) electrons. The lowest BCUT2D eigenvalue weighted by Crippen LogP contribution is -2.51. The monoisotopic (exact) mass is 267 g/mol. The largest absolute Gasteiger partial charge is 0.366 e. The van der Waals surface area contributed by atoms with Gasteiger partial charge in [0.15, 0.2) is 0 Å². The van der Waals surface area contributed by atoms with Gasteiger partial charge in [-0.25, -0.2) is 0 Å². The summed E-state index contributed by atoms with van der Waals surface area (Å²) in [4.78, 5) is 19.3. The Bertz CT molecular complexity index is 350. The first-order valence-electron chi connectivity index (χ1n) is 7.46. The van der Waals surface area contributed by atoms with Crippen molar-refractivity contribution in [3.8, 4) is 0 Å². The molecule has 5 nitrogen and oxygen atoms in total. The summed E-state index contributed by atoms with van der Waals surface area (Å²) < 4.78 is 5.66. The van der Waals surface area contributed by atoms with Crippen molar-refractivity contribution in [2.45, 2.75) is 37.5 Å². The fourth-order valence-electron chi connectivity index (χ4n) is 3.64. The first-order valence-corrected chi connectivity index (χ1v) is 7.46. The highest BCUT2D eigenvalue weighted by Gasteiger charge is 2.38. The van der Waals surface area contributed by atoms with Gasteiger partial charge in [0.1, 0.15) is 6.10 Å². The van der Waals surface area contributed by atoms with Crippen molar-refractivity contribution in [3.05, 3.63) is 0 Å². The number of ether oxygens (including phenoxy) is 1. The second-order valence-corrected chi connectivity index (χ2v) is 6.25. The van der Waals surface area contributed by atoms with Gasteiger partial charge in [-0.1, -0.05) is 0 Å². The number of likely N-dealkylation sites (tertiary alicyclic amines) is 1. The van der Waals surface area contributed by atoms with E-state index in [-0.39, 0.29) is 12.0 Å². The minimum atomic E-state index is -0.249. The molecule has 0 aromatic heterocycles. The van der Waals surface area contributed by atoms with Crippen molar-refractivity contribution in [3.63, 3.8) is 0 Å². The summed E-state index contributed by atoms with van der Waals surface area (Å²) >= 11 is 0. The second-order valence-electron chi connectivity index (χ2n) is 6.25.